The molecule has 2 rings (SSSR count). The van der Waals surface area contributed by atoms with Crippen molar-refractivity contribution in [2.75, 3.05) is 11.9 Å². The van der Waals surface area contributed by atoms with E-state index in [4.69, 9.17) is 0 Å². The predicted octanol–water partition coefficient (Wildman–Crippen LogP) is 2.64. The Morgan fingerprint density at radius 1 is 1.08 bits per heavy atom. The van der Waals surface area contributed by atoms with Gasteiger partial charge in [-0.1, -0.05) is 12.1 Å². The van der Waals surface area contributed by atoms with Crippen LogP contribution in [0, 0.1) is 5.82 Å². The Morgan fingerprint density at radius 3 is 2.29 bits per heavy atom. The van der Waals surface area contributed by atoms with Crippen LogP contribution in [0.3, 0.4) is 0 Å². The second kappa shape index (κ2) is 8.21. The van der Waals surface area contributed by atoms with Gasteiger partial charge in [0.1, 0.15) is 5.82 Å². The maximum absolute atomic E-state index is 12.8. The van der Waals surface area contributed by atoms with Crippen molar-refractivity contribution in [2.45, 2.75) is 19.4 Å². The molecule has 0 fully saturated rings. The molecule has 0 aliphatic rings. The molecule has 0 spiro atoms. The molecule has 126 valence electrons. The smallest absolute Gasteiger partial charge is 0.251 e. The molecule has 0 radical (unpaired) electrons. The van der Waals surface area contributed by atoms with Gasteiger partial charge in [0.15, 0.2) is 0 Å². The zero-order valence-electron chi connectivity index (χ0n) is 13.3. The third-order valence-electron chi connectivity index (χ3n) is 3.43. The van der Waals surface area contributed by atoms with Crippen molar-refractivity contribution in [3.63, 3.8) is 0 Å². The summed E-state index contributed by atoms with van der Waals surface area (Å²) in [6.45, 7) is 1.69. The third-order valence-corrected chi connectivity index (χ3v) is 3.43. The number of anilines is 1. The van der Waals surface area contributed by atoms with Gasteiger partial charge < -0.3 is 15.7 Å². The number of benzene rings is 2. The van der Waals surface area contributed by atoms with E-state index in [-0.39, 0.29) is 24.2 Å². The summed E-state index contributed by atoms with van der Waals surface area (Å²) in [6.07, 6.45) is -0.450. The number of hydrogen-bond acceptors (Lipinski definition) is 3. The summed E-state index contributed by atoms with van der Waals surface area (Å²) >= 11 is 0. The second-order valence-electron chi connectivity index (χ2n) is 5.37. The molecule has 0 aromatic heterocycles. The van der Waals surface area contributed by atoms with Crippen LogP contribution in [0.25, 0.3) is 0 Å². The maximum atomic E-state index is 12.8. The summed E-state index contributed by atoms with van der Waals surface area (Å²) in [4.78, 5) is 22.9. The number of halogens is 1. The van der Waals surface area contributed by atoms with Crippen molar-refractivity contribution in [1.29, 1.82) is 0 Å². The molecule has 1 unspecified atom stereocenters. The highest BCUT2D eigenvalue weighted by Crippen LogP contribution is 2.16. The number of aliphatic hydroxyl groups excluding tert-OH is 1. The van der Waals surface area contributed by atoms with Gasteiger partial charge in [-0.25, -0.2) is 4.39 Å². The molecular weight excluding hydrogens is 311 g/mol. The van der Waals surface area contributed by atoms with Crippen molar-refractivity contribution in [3.8, 4) is 0 Å². The van der Waals surface area contributed by atoms with E-state index in [0.717, 1.165) is 0 Å². The van der Waals surface area contributed by atoms with Gasteiger partial charge >= 0.3 is 0 Å². The van der Waals surface area contributed by atoms with Gasteiger partial charge in [0.2, 0.25) is 5.91 Å². The van der Waals surface area contributed by atoms with E-state index in [9.17, 15) is 19.1 Å². The Bertz CT molecular complexity index is 699. The topological polar surface area (TPSA) is 78.4 Å². The monoisotopic (exact) mass is 330 g/mol. The molecule has 2 amide bonds. The van der Waals surface area contributed by atoms with Crippen LogP contribution in [0.2, 0.25) is 0 Å². The minimum absolute atomic E-state index is 0.179. The predicted molar refractivity (Wildman–Crippen MR) is 89.1 cm³/mol. The van der Waals surface area contributed by atoms with Gasteiger partial charge in [-0.2, -0.15) is 0 Å². The lowest BCUT2D eigenvalue weighted by molar-refractivity contribution is -0.114. The quantitative estimate of drug-likeness (QED) is 0.762. The van der Waals surface area contributed by atoms with E-state index in [1.807, 2.05) is 0 Å². The largest absolute Gasteiger partial charge is 0.388 e. The number of carbonyl (C=O) groups excluding carboxylic acids is 2. The van der Waals surface area contributed by atoms with Crippen LogP contribution in [-0.4, -0.2) is 23.5 Å². The summed E-state index contributed by atoms with van der Waals surface area (Å²) < 4.78 is 12.8. The third kappa shape index (κ3) is 5.17. The highest BCUT2D eigenvalue weighted by Gasteiger charge is 2.10. The lowest BCUT2D eigenvalue weighted by Crippen LogP contribution is -2.25. The number of hydrogen-bond donors (Lipinski definition) is 3. The van der Waals surface area contributed by atoms with Gasteiger partial charge in [0, 0.05) is 24.7 Å². The first-order valence-electron chi connectivity index (χ1n) is 7.55. The number of carbonyl (C=O) groups is 2. The Hall–Kier alpha value is -2.73. The van der Waals surface area contributed by atoms with Crippen LogP contribution in [0.1, 0.15) is 35.4 Å². The van der Waals surface area contributed by atoms with Gasteiger partial charge in [0.05, 0.1) is 6.10 Å². The fourth-order valence-corrected chi connectivity index (χ4v) is 2.18. The summed E-state index contributed by atoms with van der Waals surface area (Å²) in [5.41, 5.74) is 1.68. The standard InChI is InChI=1S/C18H19FN2O3/c1-12(22)21-16-8-4-14(5-9-16)18(24)20-11-10-17(23)13-2-6-15(19)7-3-13/h2-9,17,23H,10-11H2,1H3,(H,20,24)(H,21,22). The Morgan fingerprint density at radius 2 is 1.71 bits per heavy atom. The maximum Gasteiger partial charge on any atom is 0.251 e. The number of nitrogens with one attached hydrogen (secondary N) is 2. The molecule has 0 aliphatic carbocycles. The molecule has 24 heavy (non-hydrogen) atoms. The lowest BCUT2D eigenvalue weighted by Gasteiger charge is -2.12. The average Bonchev–Trinajstić information content (AvgIpc) is 2.55. The first-order chi connectivity index (χ1) is 11.5. The van der Waals surface area contributed by atoms with Gasteiger partial charge in [-0.3, -0.25) is 9.59 Å². The van der Waals surface area contributed by atoms with E-state index in [1.54, 1.807) is 24.3 Å². The van der Waals surface area contributed by atoms with E-state index < -0.39 is 6.10 Å². The van der Waals surface area contributed by atoms with E-state index >= 15 is 0 Å². The molecule has 0 saturated heterocycles. The molecule has 0 aliphatic heterocycles. The van der Waals surface area contributed by atoms with Crippen LogP contribution in [0.4, 0.5) is 10.1 Å². The van der Waals surface area contributed by atoms with Crippen molar-refractivity contribution < 1.29 is 19.1 Å². The van der Waals surface area contributed by atoms with Gasteiger partial charge in [-0.15, -0.1) is 0 Å². The molecule has 3 N–H and O–H groups in total. The van der Waals surface area contributed by atoms with E-state index in [2.05, 4.69) is 10.6 Å². The SMILES string of the molecule is CC(=O)Nc1ccc(C(=O)NCCC(O)c2ccc(F)cc2)cc1. The molecule has 5 nitrogen and oxygen atoms in total. The van der Waals surface area contributed by atoms with Crippen LogP contribution in [0.15, 0.2) is 48.5 Å². The fourth-order valence-electron chi connectivity index (χ4n) is 2.18. The fraction of sp³-hybridized carbons (Fsp3) is 0.222. The van der Waals surface area contributed by atoms with Gasteiger partial charge in [-0.05, 0) is 48.4 Å². The number of rotatable bonds is 6. The summed E-state index contributed by atoms with van der Waals surface area (Å²) in [7, 11) is 0. The molecular formula is C18H19FN2O3. The molecule has 2 aromatic rings. The highest BCUT2D eigenvalue weighted by molar-refractivity contribution is 5.95. The summed E-state index contributed by atoms with van der Waals surface area (Å²) in [6, 6.07) is 12.1. The molecule has 2 aromatic carbocycles. The van der Waals surface area contributed by atoms with Gasteiger partial charge in [0.25, 0.3) is 5.91 Å². The molecule has 1 atom stereocenters. The minimum Gasteiger partial charge on any atom is -0.388 e. The van der Waals surface area contributed by atoms with E-state index in [1.165, 1.54) is 31.2 Å². The molecule has 0 bridgehead atoms. The zero-order valence-corrected chi connectivity index (χ0v) is 13.3. The molecule has 0 saturated carbocycles. The summed E-state index contributed by atoms with van der Waals surface area (Å²) in [5, 5.41) is 15.3. The Kier molecular flexibility index (Phi) is 6.03. The number of amides is 2. The normalized spacial score (nSPS) is 11.6. The van der Waals surface area contributed by atoms with Crippen molar-refractivity contribution in [1.82, 2.24) is 5.32 Å². The van der Waals surface area contributed by atoms with Crippen LogP contribution in [0.5, 0.6) is 0 Å². The van der Waals surface area contributed by atoms with Crippen LogP contribution in [-0.2, 0) is 4.79 Å². The number of aliphatic hydroxyl groups is 1. The van der Waals surface area contributed by atoms with E-state index in [0.29, 0.717) is 23.2 Å². The first kappa shape index (κ1) is 17.6. The first-order valence-corrected chi connectivity index (χ1v) is 7.55. The van der Waals surface area contributed by atoms with Crippen molar-refractivity contribution in [3.05, 3.63) is 65.5 Å². The lowest BCUT2D eigenvalue weighted by atomic mass is 10.1. The highest BCUT2D eigenvalue weighted by atomic mass is 19.1. The average molecular weight is 330 g/mol. The summed E-state index contributed by atoms with van der Waals surface area (Å²) in [5.74, 6) is -0.806. The molecule has 0 heterocycles. The minimum atomic E-state index is -0.770. The molecule has 6 heteroatoms. The zero-order chi connectivity index (χ0) is 17.5. The second-order valence-corrected chi connectivity index (χ2v) is 5.37. The van der Waals surface area contributed by atoms with Crippen molar-refractivity contribution >= 4 is 17.5 Å². The Labute approximate surface area is 139 Å². The van der Waals surface area contributed by atoms with Crippen LogP contribution < -0.4 is 10.6 Å². The van der Waals surface area contributed by atoms with Crippen LogP contribution >= 0.6 is 0 Å². The Balaban J connectivity index is 1.82. The van der Waals surface area contributed by atoms with Crippen molar-refractivity contribution in [2.24, 2.45) is 0 Å².